The van der Waals surface area contributed by atoms with E-state index in [0.717, 1.165) is 6.42 Å². The Labute approximate surface area is 108 Å². The van der Waals surface area contributed by atoms with E-state index in [9.17, 15) is 8.78 Å². The highest BCUT2D eigenvalue weighted by molar-refractivity contribution is 5.29. The number of nitrogens with two attached hydrogens (primary N) is 1. The van der Waals surface area contributed by atoms with E-state index in [0.29, 0.717) is 5.56 Å². The molecule has 1 aromatic carbocycles. The number of benzene rings is 1. The van der Waals surface area contributed by atoms with Gasteiger partial charge in [0.2, 0.25) is 0 Å². The molecule has 0 spiro atoms. The van der Waals surface area contributed by atoms with Crippen molar-refractivity contribution in [2.24, 2.45) is 5.73 Å². The molecule has 18 heavy (non-hydrogen) atoms. The highest BCUT2D eigenvalue weighted by atomic mass is 19.2. The molecular weight excluding hydrogens is 234 g/mol. The van der Waals surface area contributed by atoms with Crippen LogP contribution in [0.2, 0.25) is 0 Å². The topological polar surface area (TPSA) is 29.3 Å². The van der Waals surface area contributed by atoms with Crippen molar-refractivity contribution in [2.75, 3.05) is 14.1 Å². The Kier molecular flexibility index (Phi) is 4.46. The van der Waals surface area contributed by atoms with Gasteiger partial charge >= 0.3 is 0 Å². The van der Waals surface area contributed by atoms with Crippen molar-refractivity contribution < 1.29 is 8.78 Å². The van der Waals surface area contributed by atoms with Gasteiger partial charge in [0.1, 0.15) is 0 Å². The second kappa shape index (κ2) is 5.33. The second-order valence-corrected chi connectivity index (χ2v) is 5.18. The summed E-state index contributed by atoms with van der Waals surface area (Å²) in [7, 11) is 3.79. The van der Waals surface area contributed by atoms with Gasteiger partial charge in [-0.2, -0.15) is 0 Å². The van der Waals surface area contributed by atoms with E-state index in [4.69, 9.17) is 5.73 Å². The molecule has 4 heteroatoms. The summed E-state index contributed by atoms with van der Waals surface area (Å²) >= 11 is 0. The first-order chi connectivity index (χ1) is 8.25. The fraction of sp³-hybridized carbons (Fsp3) is 0.571. The van der Waals surface area contributed by atoms with Crippen molar-refractivity contribution in [1.82, 2.24) is 4.90 Å². The van der Waals surface area contributed by atoms with Crippen LogP contribution in [0.4, 0.5) is 8.78 Å². The predicted octanol–water partition coefficient (Wildman–Crippen LogP) is 3.00. The fourth-order valence-corrected chi connectivity index (χ4v) is 2.05. The first-order valence-corrected chi connectivity index (χ1v) is 6.13. The number of halogens is 2. The molecule has 2 unspecified atom stereocenters. The molecule has 2 atom stereocenters. The van der Waals surface area contributed by atoms with E-state index in [-0.39, 0.29) is 5.56 Å². The molecule has 0 radical (unpaired) electrons. The van der Waals surface area contributed by atoms with Gasteiger partial charge < -0.3 is 10.6 Å². The molecule has 2 nitrogen and oxygen atoms in total. The Hall–Kier alpha value is -1.00. The summed E-state index contributed by atoms with van der Waals surface area (Å²) < 4.78 is 27.6. The lowest BCUT2D eigenvalue weighted by molar-refractivity contribution is 0.130. The highest BCUT2D eigenvalue weighted by Gasteiger charge is 2.35. The molecule has 1 aromatic rings. The highest BCUT2D eigenvalue weighted by Crippen LogP contribution is 2.33. The van der Waals surface area contributed by atoms with Crippen LogP contribution in [0, 0.1) is 18.6 Å². The van der Waals surface area contributed by atoms with Gasteiger partial charge in [-0.05, 0) is 39.9 Å². The maximum Gasteiger partial charge on any atom is 0.163 e. The lowest BCUT2D eigenvalue weighted by atomic mass is 9.83. The van der Waals surface area contributed by atoms with Crippen molar-refractivity contribution in [3.05, 3.63) is 34.9 Å². The largest absolute Gasteiger partial charge is 0.322 e. The SMILES string of the molecule is CCC(C)(C(N)c1ccc(C)c(F)c1F)N(C)C. The summed E-state index contributed by atoms with van der Waals surface area (Å²) in [6.07, 6.45) is 0.746. The Morgan fingerprint density at radius 3 is 2.28 bits per heavy atom. The van der Waals surface area contributed by atoms with E-state index in [2.05, 4.69) is 0 Å². The lowest BCUT2D eigenvalue weighted by Gasteiger charge is -2.41. The number of nitrogens with zero attached hydrogens (tertiary/aromatic N) is 1. The summed E-state index contributed by atoms with van der Waals surface area (Å²) in [5, 5.41) is 0. The maximum absolute atomic E-state index is 14.0. The molecule has 0 fully saturated rings. The fourth-order valence-electron chi connectivity index (χ4n) is 2.05. The zero-order chi connectivity index (χ0) is 14.1. The van der Waals surface area contributed by atoms with Crippen molar-refractivity contribution in [1.29, 1.82) is 0 Å². The zero-order valence-corrected chi connectivity index (χ0v) is 11.7. The van der Waals surface area contributed by atoms with Crippen LogP contribution in [0.15, 0.2) is 12.1 Å². The van der Waals surface area contributed by atoms with Crippen LogP contribution in [0.3, 0.4) is 0 Å². The summed E-state index contributed by atoms with van der Waals surface area (Å²) in [4.78, 5) is 1.95. The molecule has 0 bridgehead atoms. The number of likely N-dealkylation sites (N-methyl/N-ethyl adjacent to an activating group) is 1. The minimum Gasteiger partial charge on any atom is -0.322 e. The monoisotopic (exact) mass is 256 g/mol. The molecule has 102 valence electrons. The average Bonchev–Trinajstić information content (AvgIpc) is 2.34. The number of hydrogen-bond donors (Lipinski definition) is 1. The van der Waals surface area contributed by atoms with Crippen LogP contribution in [0.5, 0.6) is 0 Å². The zero-order valence-electron chi connectivity index (χ0n) is 11.7. The van der Waals surface area contributed by atoms with Crippen LogP contribution < -0.4 is 5.73 Å². The van der Waals surface area contributed by atoms with E-state index < -0.39 is 23.2 Å². The molecule has 0 aliphatic carbocycles. The molecular formula is C14H22F2N2. The van der Waals surface area contributed by atoms with Gasteiger partial charge in [-0.15, -0.1) is 0 Å². The van der Waals surface area contributed by atoms with Crippen LogP contribution in [0.25, 0.3) is 0 Å². The van der Waals surface area contributed by atoms with Gasteiger partial charge in [-0.25, -0.2) is 8.78 Å². The summed E-state index contributed by atoms with van der Waals surface area (Å²) in [5.41, 5.74) is 6.27. The molecule has 0 aliphatic heterocycles. The molecule has 0 saturated heterocycles. The Balaban J connectivity index is 3.26. The molecule has 0 aromatic heterocycles. The van der Waals surface area contributed by atoms with Gasteiger partial charge in [-0.3, -0.25) is 0 Å². The van der Waals surface area contributed by atoms with E-state index in [1.54, 1.807) is 19.1 Å². The predicted molar refractivity (Wildman–Crippen MR) is 70.4 cm³/mol. The Morgan fingerprint density at radius 2 is 1.83 bits per heavy atom. The van der Waals surface area contributed by atoms with Crippen LogP contribution in [0.1, 0.15) is 37.4 Å². The van der Waals surface area contributed by atoms with Crippen molar-refractivity contribution in [2.45, 2.75) is 38.8 Å². The third kappa shape index (κ3) is 2.40. The molecule has 0 amide bonds. The lowest BCUT2D eigenvalue weighted by Crippen LogP contribution is -2.49. The van der Waals surface area contributed by atoms with E-state index >= 15 is 0 Å². The number of aryl methyl sites for hydroxylation is 1. The Morgan fingerprint density at radius 1 is 1.28 bits per heavy atom. The summed E-state index contributed by atoms with van der Waals surface area (Å²) in [6.45, 7) is 5.48. The smallest absolute Gasteiger partial charge is 0.163 e. The van der Waals surface area contributed by atoms with Gasteiger partial charge in [0.05, 0.1) is 6.04 Å². The maximum atomic E-state index is 14.0. The third-order valence-electron chi connectivity index (χ3n) is 4.05. The van der Waals surface area contributed by atoms with Gasteiger partial charge in [0.15, 0.2) is 11.6 Å². The van der Waals surface area contributed by atoms with Crippen LogP contribution in [-0.2, 0) is 0 Å². The number of hydrogen-bond acceptors (Lipinski definition) is 2. The second-order valence-electron chi connectivity index (χ2n) is 5.18. The standard InChI is InChI=1S/C14H22F2N2/c1-6-14(3,18(4)5)13(17)10-8-7-9(2)11(15)12(10)16/h7-8,13H,6,17H2,1-5H3. The quantitative estimate of drug-likeness (QED) is 0.897. The molecule has 2 N–H and O–H groups in total. The van der Waals surface area contributed by atoms with E-state index in [1.165, 1.54) is 0 Å². The van der Waals surface area contributed by atoms with Gasteiger partial charge in [0, 0.05) is 11.1 Å². The molecule has 1 rings (SSSR count). The first-order valence-electron chi connectivity index (χ1n) is 6.13. The van der Waals surface area contributed by atoms with Crippen LogP contribution in [-0.4, -0.2) is 24.5 Å². The van der Waals surface area contributed by atoms with E-state index in [1.807, 2.05) is 32.8 Å². The first kappa shape index (κ1) is 15.1. The summed E-state index contributed by atoms with van der Waals surface area (Å²) in [5.74, 6) is -1.64. The normalized spacial score (nSPS) is 16.7. The van der Waals surface area contributed by atoms with Crippen molar-refractivity contribution in [3.8, 4) is 0 Å². The minimum absolute atomic E-state index is 0.233. The van der Waals surface area contributed by atoms with Gasteiger partial charge in [-0.1, -0.05) is 19.1 Å². The van der Waals surface area contributed by atoms with Crippen molar-refractivity contribution in [3.63, 3.8) is 0 Å². The average molecular weight is 256 g/mol. The molecule has 0 saturated carbocycles. The minimum atomic E-state index is -0.830. The molecule has 0 aliphatic rings. The van der Waals surface area contributed by atoms with Crippen molar-refractivity contribution >= 4 is 0 Å². The number of rotatable bonds is 4. The summed E-state index contributed by atoms with van der Waals surface area (Å²) in [6, 6.07) is 2.57. The molecule has 0 heterocycles. The van der Waals surface area contributed by atoms with Gasteiger partial charge in [0.25, 0.3) is 0 Å². The third-order valence-corrected chi connectivity index (χ3v) is 4.05. The Bertz CT molecular complexity index is 432. The van der Waals surface area contributed by atoms with Crippen LogP contribution >= 0.6 is 0 Å².